The van der Waals surface area contributed by atoms with Crippen molar-refractivity contribution < 1.29 is 53.8 Å². The van der Waals surface area contributed by atoms with Gasteiger partial charge in [0, 0.05) is 38.3 Å². The molecule has 12 nitrogen and oxygen atoms in total. The second kappa shape index (κ2) is 21.8. The van der Waals surface area contributed by atoms with Crippen LogP contribution >= 0.6 is 0 Å². The fraction of sp³-hybridized carbons (Fsp3) is 0.733. The first-order chi connectivity index (χ1) is 27.0. The highest BCUT2D eigenvalue weighted by Crippen LogP contribution is 2.37. The van der Waals surface area contributed by atoms with Gasteiger partial charge in [-0.1, -0.05) is 57.2 Å². The first-order valence-corrected chi connectivity index (χ1v) is 21.3. The van der Waals surface area contributed by atoms with E-state index in [9.17, 15) is 39.6 Å². The Morgan fingerprint density at radius 1 is 0.842 bits per heavy atom. The van der Waals surface area contributed by atoms with Gasteiger partial charge in [0.25, 0.3) is 11.7 Å². The molecule has 3 heterocycles. The van der Waals surface area contributed by atoms with E-state index in [-0.39, 0.29) is 37.5 Å². The summed E-state index contributed by atoms with van der Waals surface area (Å²) in [7, 11) is 1.58. The first kappa shape index (κ1) is 46.7. The molecular formula is C45H69NO11. The molecule has 2 bridgehead atoms. The Morgan fingerprint density at radius 3 is 2.26 bits per heavy atom. The molecule has 4 rings (SSSR count). The van der Waals surface area contributed by atoms with Crippen LogP contribution in [0.1, 0.15) is 125 Å². The molecule has 1 aliphatic carbocycles. The standard InChI is InChI=1S/C45H69NO11/c1-28-12-8-7-9-13-29(2)38(55-6)27-36-23-16-32(5)45(54,57-36)42(51)43(52)46-25-11-10-14-37(46)44(53)56-35(24-19-33-17-20-34(47)21-18-33)22-15-30(3)39(48)41(50)40(49)31(4)26-28/h7-9,12-13,15,28,31-39,41,47-48,50,54H,10-11,14,16-27H2,1-6H3/b9-7+,12-8+,29-13?,30-15+/t28-,31-,32-,33?,34?,35+,36+,37+,38+,39-,41-,45-/m1/s1. The van der Waals surface area contributed by atoms with Crippen molar-refractivity contribution >= 4 is 23.4 Å². The smallest absolute Gasteiger partial charge is 0.329 e. The van der Waals surface area contributed by atoms with E-state index in [2.05, 4.69) is 0 Å². The lowest BCUT2D eigenvalue weighted by Crippen LogP contribution is -2.60. The Hall–Kier alpha value is -3.00. The highest BCUT2D eigenvalue weighted by atomic mass is 16.6. The quantitative estimate of drug-likeness (QED) is 0.161. The van der Waals surface area contributed by atoms with Gasteiger partial charge in [0.2, 0.25) is 5.79 Å². The van der Waals surface area contributed by atoms with Crippen LogP contribution in [-0.4, -0.2) is 111 Å². The summed E-state index contributed by atoms with van der Waals surface area (Å²) in [6.45, 7) is 9.09. The van der Waals surface area contributed by atoms with Crippen molar-refractivity contribution in [3.05, 3.63) is 47.6 Å². The number of aliphatic hydroxyl groups is 4. The molecule has 3 fully saturated rings. The number of carbonyl (C=O) groups is 4. The summed E-state index contributed by atoms with van der Waals surface area (Å²) in [5.41, 5.74) is 1.26. The van der Waals surface area contributed by atoms with E-state index in [0.29, 0.717) is 69.3 Å². The molecule has 0 aromatic rings. The van der Waals surface area contributed by atoms with Crippen LogP contribution in [0, 0.1) is 23.7 Å². The molecule has 0 spiro atoms. The van der Waals surface area contributed by atoms with Gasteiger partial charge in [0.15, 0.2) is 5.78 Å². The summed E-state index contributed by atoms with van der Waals surface area (Å²) in [6.07, 6.45) is 14.0. The molecule has 1 amide bonds. The Kier molecular flexibility index (Phi) is 17.9. The number of hydrogen-bond donors (Lipinski definition) is 4. The normalized spacial score (nSPS) is 39.8. The molecule has 12 heteroatoms. The fourth-order valence-corrected chi connectivity index (χ4v) is 8.76. The molecule has 57 heavy (non-hydrogen) atoms. The molecule has 4 N–H and O–H groups in total. The fourth-order valence-electron chi connectivity index (χ4n) is 8.76. The number of cyclic esters (lactones) is 1. The predicted octanol–water partition coefficient (Wildman–Crippen LogP) is 5.45. The molecule has 2 saturated heterocycles. The van der Waals surface area contributed by atoms with Crippen molar-refractivity contribution in [2.24, 2.45) is 23.7 Å². The maximum Gasteiger partial charge on any atom is 0.329 e. The lowest BCUT2D eigenvalue weighted by atomic mass is 9.83. The highest BCUT2D eigenvalue weighted by Gasteiger charge is 2.53. The Bertz CT molecular complexity index is 1500. The van der Waals surface area contributed by atoms with E-state index < -0.39 is 71.5 Å². The number of nitrogens with zero attached hydrogens (tertiary/aromatic N) is 1. The summed E-state index contributed by atoms with van der Waals surface area (Å²) >= 11 is 0. The van der Waals surface area contributed by atoms with Crippen LogP contribution in [0.15, 0.2) is 47.6 Å². The second-order valence-corrected chi connectivity index (χ2v) is 17.3. The molecule has 3 aliphatic heterocycles. The van der Waals surface area contributed by atoms with Crippen molar-refractivity contribution in [1.29, 1.82) is 0 Å². The molecule has 0 aromatic carbocycles. The lowest BCUT2D eigenvalue weighted by molar-refractivity contribution is -0.265. The van der Waals surface area contributed by atoms with E-state index in [1.165, 1.54) is 4.90 Å². The molecule has 320 valence electrons. The van der Waals surface area contributed by atoms with Crippen LogP contribution in [0.5, 0.6) is 0 Å². The average molecular weight is 800 g/mol. The molecule has 4 aliphatic rings. The number of hydrogen-bond acceptors (Lipinski definition) is 11. The Balaban J connectivity index is 1.64. The summed E-state index contributed by atoms with van der Waals surface area (Å²) in [5, 5.41) is 43.9. The SMILES string of the molecule is CO[C@H]1C[C@@H]2CC[C@@H](C)[C@@](O)(O2)C(=O)C(=O)N2CCCC[C@H]2C(=O)O[C@H](CCC2CCC(O)CC2)C/C=C(\C)[C@@H](O)[C@@H](O)C(=O)[C@H](C)C[C@H](C)/C=C/C=C/C=C1C. The molecule has 10 atom stereocenters. The zero-order chi connectivity index (χ0) is 41.9. The highest BCUT2D eigenvalue weighted by molar-refractivity contribution is 6.39. The predicted molar refractivity (Wildman–Crippen MR) is 215 cm³/mol. The number of allylic oxidation sites excluding steroid dienone is 5. The maximum atomic E-state index is 14.0. The van der Waals surface area contributed by atoms with Gasteiger partial charge in [-0.3, -0.25) is 14.4 Å². The monoisotopic (exact) mass is 799 g/mol. The van der Waals surface area contributed by atoms with Gasteiger partial charge in [-0.15, -0.1) is 0 Å². The third kappa shape index (κ3) is 12.7. The van der Waals surface area contributed by atoms with Crippen LogP contribution in [-0.2, 0) is 33.4 Å². The molecule has 0 radical (unpaired) electrons. The average Bonchev–Trinajstić information content (AvgIpc) is 3.20. The van der Waals surface area contributed by atoms with E-state index in [1.54, 1.807) is 34.0 Å². The van der Waals surface area contributed by atoms with Gasteiger partial charge in [-0.05, 0) is 114 Å². The zero-order valence-corrected chi connectivity index (χ0v) is 35.0. The van der Waals surface area contributed by atoms with E-state index in [4.69, 9.17) is 14.2 Å². The van der Waals surface area contributed by atoms with E-state index >= 15 is 0 Å². The minimum atomic E-state index is -2.38. The van der Waals surface area contributed by atoms with Crippen molar-refractivity contribution in [2.75, 3.05) is 13.7 Å². The van der Waals surface area contributed by atoms with Crippen molar-refractivity contribution in [3.63, 3.8) is 0 Å². The first-order valence-electron chi connectivity index (χ1n) is 21.3. The van der Waals surface area contributed by atoms with Crippen LogP contribution in [0.4, 0.5) is 0 Å². The third-order valence-corrected chi connectivity index (χ3v) is 12.7. The van der Waals surface area contributed by atoms with Crippen LogP contribution in [0.25, 0.3) is 0 Å². The minimum absolute atomic E-state index is 0.0103. The molecule has 1 saturated carbocycles. The molecule has 0 aromatic heterocycles. The summed E-state index contributed by atoms with van der Waals surface area (Å²) in [5.74, 6) is -6.42. The number of amides is 1. The summed E-state index contributed by atoms with van der Waals surface area (Å²) < 4.78 is 18.0. The van der Waals surface area contributed by atoms with Gasteiger partial charge in [-0.2, -0.15) is 0 Å². The maximum absolute atomic E-state index is 14.0. The van der Waals surface area contributed by atoms with E-state index in [1.807, 2.05) is 44.2 Å². The van der Waals surface area contributed by atoms with Crippen LogP contribution in [0.3, 0.4) is 0 Å². The number of ether oxygens (including phenoxy) is 3. The third-order valence-electron chi connectivity index (χ3n) is 12.7. The number of esters is 1. The number of methoxy groups -OCH3 is 1. The summed E-state index contributed by atoms with van der Waals surface area (Å²) in [4.78, 5) is 56.5. The minimum Gasteiger partial charge on any atom is -0.461 e. The largest absolute Gasteiger partial charge is 0.461 e. The number of fused-ring (bicyclic) bond motifs is 3. The van der Waals surface area contributed by atoms with Crippen LogP contribution < -0.4 is 0 Å². The van der Waals surface area contributed by atoms with Gasteiger partial charge >= 0.3 is 5.97 Å². The Labute approximate surface area is 339 Å². The number of Topliss-reactive ketones (excluding diaryl/α,β-unsaturated/α-hetero) is 2. The number of rotatable bonds is 4. The van der Waals surface area contributed by atoms with Crippen molar-refractivity contribution in [3.8, 4) is 0 Å². The van der Waals surface area contributed by atoms with Crippen molar-refractivity contribution in [1.82, 2.24) is 4.90 Å². The van der Waals surface area contributed by atoms with Gasteiger partial charge in [0.05, 0.1) is 18.3 Å². The number of piperidine rings is 1. The van der Waals surface area contributed by atoms with Gasteiger partial charge < -0.3 is 39.5 Å². The van der Waals surface area contributed by atoms with Crippen molar-refractivity contribution in [2.45, 2.75) is 173 Å². The zero-order valence-electron chi connectivity index (χ0n) is 35.0. The molecule has 0 unspecified atom stereocenters. The number of aliphatic hydroxyl groups excluding tert-OH is 3. The second-order valence-electron chi connectivity index (χ2n) is 17.3. The topological polar surface area (TPSA) is 180 Å². The van der Waals surface area contributed by atoms with Crippen LogP contribution in [0.2, 0.25) is 0 Å². The Morgan fingerprint density at radius 2 is 1.56 bits per heavy atom. The lowest BCUT2D eigenvalue weighted by Gasteiger charge is -2.42. The van der Waals surface area contributed by atoms with Gasteiger partial charge in [0.1, 0.15) is 24.4 Å². The number of carbonyl (C=O) groups excluding carboxylic acids is 4. The number of ketones is 2. The van der Waals surface area contributed by atoms with E-state index in [0.717, 1.165) is 24.8 Å². The van der Waals surface area contributed by atoms with Gasteiger partial charge in [-0.25, -0.2) is 4.79 Å². The summed E-state index contributed by atoms with van der Waals surface area (Å²) in [6, 6.07) is -1.05. The molecular weight excluding hydrogens is 730 g/mol.